The molecule has 0 atom stereocenters. The molecular weight excluding hydrogens is 789 g/mol. The van der Waals surface area contributed by atoms with Gasteiger partial charge >= 0.3 is 0 Å². The summed E-state index contributed by atoms with van der Waals surface area (Å²) in [5, 5.41) is 10.5. The molecule has 13 rings (SSSR count). The molecule has 0 saturated carbocycles. The van der Waals surface area contributed by atoms with Crippen LogP contribution >= 0.6 is 0 Å². The highest BCUT2D eigenvalue weighted by Gasteiger charge is 2.23. The molecule has 0 bridgehead atoms. The lowest BCUT2D eigenvalue weighted by molar-refractivity contribution is 1.18. The number of fused-ring (bicyclic) bond motifs is 10. The van der Waals surface area contributed by atoms with Crippen molar-refractivity contribution in [2.75, 3.05) is 0 Å². The van der Waals surface area contributed by atoms with E-state index in [1.807, 2.05) is 12.1 Å². The predicted octanol–water partition coefficient (Wildman–Crippen LogP) is 15.9. The molecule has 0 aliphatic rings. The molecule has 3 aromatic heterocycles. The molecule has 3 heterocycles. The lowest BCUT2D eigenvalue weighted by Gasteiger charge is -2.18. The third-order valence-corrected chi connectivity index (χ3v) is 13.0. The van der Waals surface area contributed by atoms with E-state index in [9.17, 15) is 0 Å². The van der Waals surface area contributed by atoms with Gasteiger partial charge in [0.05, 0.1) is 33.6 Å². The first-order valence-corrected chi connectivity index (χ1v) is 22.1. The molecule has 0 N–H and O–H groups in total. The van der Waals surface area contributed by atoms with E-state index in [0.29, 0.717) is 5.82 Å². The Morgan fingerprint density at radius 1 is 0.292 bits per heavy atom. The van der Waals surface area contributed by atoms with Crippen LogP contribution in [0.25, 0.3) is 127 Å². The van der Waals surface area contributed by atoms with Crippen LogP contribution in [0, 0.1) is 0 Å². The van der Waals surface area contributed by atoms with Gasteiger partial charge in [0.2, 0.25) is 0 Å². The maximum Gasteiger partial charge on any atom is 0.161 e. The van der Waals surface area contributed by atoms with Gasteiger partial charge in [-0.3, -0.25) is 0 Å². The number of para-hydroxylation sites is 2. The molecule has 0 unspecified atom stereocenters. The highest BCUT2D eigenvalue weighted by atomic mass is 15.0. The minimum atomic E-state index is 0.690. The molecule has 13 aromatic rings. The fraction of sp³-hybridized carbons (Fsp3) is 0. The highest BCUT2D eigenvalue weighted by Crippen LogP contribution is 2.47. The molecule has 10 aromatic carbocycles. The van der Waals surface area contributed by atoms with Crippen molar-refractivity contribution in [2.45, 2.75) is 0 Å². The van der Waals surface area contributed by atoms with Crippen molar-refractivity contribution in [3.05, 3.63) is 231 Å². The normalized spacial score (nSPS) is 11.7. The van der Waals surface area contributed by atoms with Crippen molar-refractivity contribution in [3.8, 4) is 62.0 Å². The van der Waals surface area contributed by atoms with Crippen molar-refractivity contribution < 1.29 is 0 Å². The Balaban J connectivity index is 1.11. The van der Waals surface area contributed by atoms with Crippen LogP contribution in [-0.2, 0) is 0 Å². The number of rotatable bonds is 6. The zero-order valence-corrected chi connectivity index (χ0v) is 35.2. The quantitative estimate of drug-likeness (QED) is 0.157. The van der Waals surface area contributed by atoms with Gasteiger partial charge < -0.3 is 4.57 Å². The molecule has 0 aliphatic carbocycles. The summed E-state index contributed by atoms with van der Waals surface area (Å²) in [5.74, 6) is 0.690. The van der Waals surface area contributed by atoms with E-state index in [0.717, 1.165) is 83.2 Å². The van der Waals surface area contributed by atoms with Crippen molar-refractivity contribution in [1.29, 1.82) is 0 Å². The Morgan fingerprint density at radius 3 is 1.45 bits per heavy atom. The minimum Gasteiger partial charge on any atom is -0.309 e. The second-order valence-electron chi connectivity index (χ2n) is 16.7. The smallest absolute Gasteiger partial charge is 0.161 e. The first kappa shape index (κ1) is 36.9. The summed E-state index contributed by atoms with van der Waals surface area (Å²) in [7, 11) is 0. The van der Waals surface area contributed by atoms with Crippen LogP contribution in [0.15, 0.2) is 231 Å². The summed E-state index contributed by atoms with van der Waals surface area (Å²) in [5.41, 5.74) is 13.6. The van der Waals surface area contributed by atoms with Gasteiger partial charge in [-0.2, -0.15) is 0 Å². The topological polar surface area (TPSA) is 43.6 Å². The van der Waals surface area contributed by atoms with Gasteiger partial charge in [-0.15, -0.1) is 0 Å². The average Bonchev–Trinajstić information content (AvgIpc) is 3.73. The van der Waals surface area contributed by atoms with Crippen LogP contribution in [0.4, 0.5) is 0 Å². The van der Waals surface area contributed by atoms with Gasteiger partial charge in [0, 0.05) is 54.9 Å². The zero-order valence-electron chi connectivity index (χ0n) is 35.2. The van der Waals surface area contributed by atoms with Gasteiger partial charge in [-0.05, 0) is 75.1 Å². The van der Waals surface area contributed by atoms with E-state index in [-0.39, 0.29) is 0 Å². The van der Waals surface area contributed by atoms with Crippen molar-refractivity contribution >= 4 is 65.0 Å². The molecule has 0 amide bonds. The Labute approximate surface area is 375 Å². The molecule has 0 aliphatic heterocycles. The van der Waals surface area contributed by atoms with Gasteiger partial charge in [-0.1, -0.05) is 188 Å². The lowest BCUT2D eigenvalue weighted by atomic mass is 9.88. The fourth-order valence-electron chi connectivity index (χ4n) is 10.1. The minimum absolute atomic E-state index is 0.690. The standard InChI is InChI=1S/C61H38N4/c1-5-19-39(20-6-1)52-38-53(40-21-7-2-8-22-40)64-61(63-52)48-34-33-46(43-27-13-14-28-44(43)48)51-37-54-57(47-30-16-15-29-45(47)51)59-50(60(62-54)41-23-9-3-10-24-41)35-36-56-58(59)49-31-17-18-32-55(49)65(56)42-25-11-4-12-26-42/h1-38H. The van der Waals surface area contributed by atoms with E-state index in [4.69, 9.17) is 15.0 Å². The second-order valence-corrected chi connectivity index (χ2v) is 16.7. The SMILES string of the molecule is c1ccc(-c2cc(-c3ccccc3)nc(-c3ccc(-c4cc5nc(-c6ccccc6)c6ccc7c(c8ccccc8n7-c7ccccc7)c6c5c5ccccc45)c4ccccc34)n2)cc1. The molecule has 4 heteroatoms. The van der Waals surface area contributed by atoms with E-state index in [1.165, 1.54) is 38.0 Å². The summed E-state index contributed by atoms with van der Waals surface area (Å²) in [6, 6.07) is 82.0. The van der Waals surface area contributed by atoms with Crippen molar-refractivity contribution in [2.24, 2.45) is 0 Å². The lowest BCUT2D eigenvalue weighted by Crippen LogP contribution is -1.97. The van der Waals surface area contributed by atoms with Crippen LogP contribution in [0.1, 0.15) is 0 Å². The van der Waals surface area contributed by atoms with Crippen LogP contribution < -0.4 is 0 Å². The third-order valence-electron chi connectivity index (χ3n) is 13.0. The predicted molar refractivity (Wildman–Crippen MR) is 271 cm³/mol. The highest BCUT2D eigenvalue weighted by molar-refractivity contribution is 6.34. The Bertz CT molecular complexity index is 3920. The van der Waals surface area contributed by atoms with Crippen LogP contribution in [0.3, 0.4) is 0 Å². The molecule has 0 radical (unpaired) electrons. The Hall–Kier alpha value is -8.73. The third kappa shape index (κ3) is 5.96. The number of aromatic nitrogens is 4. The molecule has 4 nitrogen and oxygen atoms in total. The van der Waals surface area contributed by atoms with Gasteiger partial charge in [0.1, 0.15) is 0 Å². The summed E-state index contributed by atoms with van der Waals surface area (Å²) >= 11 is 0. The average molecular weight is 827 g/mol. The van der Waals surface area contributed by atoms with Gasteiger partial charge in [-0.25, -0.2) is 15.0 Å². The van der Waals surface area contributed by atoms with Crippen molar-refractivity contribution in [1.82, 2.24) is 19.5 Å². The summed E-state index contributed by atoms with van der Waals surface area (Å²) in [6.45, 7) is 0. The van der Waals surface area contributed by atoms with Crippen molar-refractivity contribution in [3.63, 3.8) is 0 Å². The van der Waals surface area contributed by atoms with Gasteiger partial charge in [0.15, 0.2) is 5.82 Å². The number of pyridine rings is 1. The monoisotopic (exact) mass is 826 g/mol. The Morgan fingerprint density at radius 2 is 0.800 bits per heavy atom. The number of hydrogen-bond donors (Lipinski definition) is 0. The molecule has 0 fully saturated rings. The summed E-state index contributed by atoms with van der Waals surface area (Å²) in [6.07, 6.45) is 0. The Kier molecular flexibility index (Phi) is 8.50. The first-order chi connectivity index (χ1) is 32.3. The molecule has 302 valence electrons. The largest absolute Gasteiger partial charge is 0.309 e. The maximum absolute atomic E-state index is 5.66. The first-order valence-electron chi connectivity index (χ1n) is 22.1. The second kappa shape index (κ2) is 15.0. The van der Waals surface area contributed by atoms with E-state index in [2.05, 4.69) is 223 Å². The molecule has 65 heavy (non-hydrogen) atoms. The molecular formula is C61H38N4. The zero-order chi connectivity index (χ0) is 42.8. The summed E-state index contributed by atoms with van der Waals surface area (Å²) in [4.78, 5) is 16.2. The fourth-order valence-corrected chi connectivity index (χ4v) is 10.1. The number of benzene rings is 10. The van der Waals surface area contributed by atoms with Crippen LogP contribution in [0.5, 0.6) is 0 Å². The van der Waals surface area contributed by atoms with Crippen LogP contribution in [0.2, 0.25) is 0 Å². The maximum atomic E-state index is 5.66. The van der Waals surface area contributed by atoms with Crippen LogP contribution in [-0.4, -0.2) is 19.5 Å². The molecule has 0 saturated heterocycles. The van der Waals surface area contributed by atoms with E-state index >= 15 is 0 Å². The number of hydrogen-bond acceptors (Lipinski definition) is 3. The van der Waals surface area contributed by atoms with Gasteiger partial charge in [0.25, 0.3) is 0 Å². The van der Waals surface area contributed by atoms with E-state index in [1.54, 1.807) is 0 Å². The summed E-state index contributed by atoms with van der Waals surface area (Å²) < 4.78 is 2.41. The number of nitrogens with zero attached hydrogens (tertiary/aromatic N) is 4. The molecule has 0 spiro atoms. The van der Waals surface area contributed by atoms with E-state index < -0.39 is 0 Å².